The molecule has 140 valence electrons. The Balaban J connectivity index is 1.77. The third-order valence-electron chi connectivity index (χ3n) is 5.09. The minimum atomic E-state index is -0.674. The summed E-state index contributed by atoms with van der Waals surface area (Å²) in [5, 5.41) is 3.30. The average Bonchev–Trinajstić information content (AvgIpc) is 2.97. The van der Waals surface area contributed by atoms with Gasteiger partial charge in [0.15, 0.2) is 0 Å². The Morgan fingerprint density at radius 2 is 1.81 bits per heavy atom. The molecule has 4 nitrogen and oxygen atoms in total. The molecule has 0 unspecified atom stereocenters. The first-order valence-corrected chi connectivity index (χ1v) is 8.72. The van der Waals surface area contributed by atoms with E-state index in [1.54, 1.807) is 12.1 Å². The molecule has 1 heterocycles. The van der Waals surface area contributed by atoms with Crippen molar-refractivity contribution in [3.05, 3.63) is 59.4 Å². The van der Waals surface area contributed by atoms with Gasteiger partial charge in [-0.25, -0.2) is 13.2 Å². The molecule has 1 saturated carbocycles. The number of benzene rings is 2. The van der Waals surface area contributed by atoms with Gasteiger partial charge in [0, 0.05) is 17.5 Å². The number of halogens is 3. The molecule has 2 aromatic carbocycles. The molecule has 1 aliphatic rings. The molecular formula is C20H18F3N3O. The number of hydrogen-bond donors (Lipinski definition) is 3. The van der Waals surface area contributed by atoms with Gasteiger partial charge in [-0.2, -0.15) is 0 Å². The smallest absolute Gasteiger partial charge is 0.233 e. The maximum atomic E-state index is 14.3. The van der Waals surface area contributed by atoms with E-state index >= 15 is 0 Å². The molecule has 3 aromatic rings. The largest absolute Gasteiger partial charge is 0.352 e. The summed E-state index contributed by atoms with van der Waals surface area (Å²) in [6, 6.07) is 7.98. The topological polar surface area (TPSA) is 70.9 Å². The lowest BCUT2D eigenvalue weighted by molar-refractivity contribution is -0.121. The van der Waals surface area contributed by atoms with Gasteiger partial charge in [-0.15, -0.1) is 0 Å². The van der Waals surface area contributed by atoms with Crippen LogP contribution in [0.25, 0.3) is 22.2 Å². The molecule has 0 saturated heterocycles. The van der Waals surface area contributed by atoms with Crippen molar-refractivity contribution in [3.8, 4) is 11.3 Å². The summed E-state index contributed by atoms with van der Waals surface area (Å²) in [4.78, 5) is 14.5. The van der Waals surface area contributed by atoms with Gasteiger partial charge in [-0.1, -0.05) is 0 Å². The fraction of sp³-hybridized carbons (Fsp3) is 0.250. The second-order valence-electron chi connectivity index (χ2n) is 6.87. The summed E-state index contributed by atoms with van der Waals surface area (Å²) in [6.07, 6.45) is 1.29. The van der Waals surface area contributed by atoms with E-state index in [-0.39, 0.29) is 35.7 Å². The molecule has 4 N–H and O–H groups in total. The Labute approximate surface area is 153 Å². The Hall–Kier alpha value is -2.80. The highest BCUT2D eigenvalue weighted by atomic mass is 19.1. The highest BCUT2D eigenvalue weighted by Gasteiger charge is 2.35. The van der Waals surface area contributed by atoms with Gasteiger partial charge in [0.2, 0.25) is 5.91 Å². The molecule has 0 aliphatic heterocycles. The van der Waals surface area contributed by atoms with E-state index in [9.17, 15) is 18.0 Å². The van der Waals surface area contributed by atoms with Crippen LogP contribution in [0, 0.1) is 17.5 Å². The summed E-state index contributed by atoms with van der Waals surface area (Å²) >= 11 is 0. The third kappa shape index (κ3) is 3.19. The molecule has 0 radical (unpaired) electrons. The molecule has 27 heavy (non-hydrogen) atoms. The number of nitrogens with two attached hydrogens (primary N) is 1. The normalized spacial score (nSPS) is 19.1. The molecule has 1 fully saturated rings. The number of nitrogens with one attached hydrogen (secondary N) is 2. The predicted molar refractivity (Wildman–Crippen MR) is 96.6 cm³/mol. The van der Waals surface area contributed by atoms with Crippen LogP contribution in [0.2, 0.25) is 0 Å². The number of rotatable bonds is 4. The summed E-state index contributed by atoms with van der Waals surface area (Å²) in [5.74, 6) is -1.91. The fourth-order valence-electron chi connectivity index (χ4n) is 3.77. The molecule has 1 aliphatic carbocycles. The van der Waals surface area contributed by atoms with E-state index in [4.69, 9.17) is 5.73 Å². The minimum absolute atomic E-state index is 0.0167. The molecule has 0 atom stereocenters. The van der Waals surface area contributed by atoms with Crippen molar-refractivity contribution in [2.75, 3.05) is 6.54 Å². The number of aromatic nitrogens is 1. The van der Waals surface area contributed by atoms with Gasteiger partial charge >= 0.3 is 0 Å². The van der Waals surface area contributed by atoms with Crippen LogP contribution in [0.5, 0.6) is 0 Å². The second-order valence-corrected chi connectivity index (χ2v) is 6.87. The van der Waals surface area contributed by atoms with Crippen LogP contribution >= 0.6 is 0 Å². The first-order chi connectivity index (χ1) is 13.0. The fourth-order valence-corrected chi connectivity index (χ4v) is 3.77. The van der Waals surface area contributed by atoms with E-state index in [1.807, 2.05) is 0 Å². The molecule has 7 heteroatoms. The molecule has 1 aromatic heterocycles. The van der Waals surface area contributed by atoms with Crippen LogP contribution in [0.15, 0.2) is 36.4 Å². The lowest BCUT2D eigenvalue weighted by Crippen LogP contribution is -2.45. The van der Waals surface area contributed by atoms with Crippen molar-refractivity contribution in [1.29, 1.82) is 0 Å². The average molecular weight is 373 g/mol. The van der Waals surface area contributed by atoms with E-state index in [0.29, 0.717) is 29.5 Å². The standard InChI is InChI=1S/C20H18F3N3O/c21-12-3-1-10(2-4-12)19-18(11-5-14(6-11)25-17(27)9-24)15-7-13(22)8-16(23)20(15)26-19/h1-4,7-8,11,14,26H,5-6,9,24H2,(H,25,27)/t11-,14-. The Bertz CT molecular complexity index is 1010. The number of amides is 1. The number of carbonyl (C=O) groups excluding carboxylic acids is 1. The quantitative estimate of drug-likeness (QED) is 0.654. The lowest BCUT2D eigenvalue weighted by Gasteiger charge is -2.36. The van der Waals surface area contributed by atoms with Crippen molar-refractivity contribution in [2.45, 2.75) is 24.8 Å². The molecule has 1 amide bonds. The van der Waals surface area contributed by atoms with Crippen molar-refractivity contribution in [1.82, 2.24) is 10.3 Å². The van der Waals surface area contributed by atoms with E-state index in [2.05, 4.69) is 10.3 Å². The highest BCUT2D eigenvalue weighted by molar-refractivity contribution is 5.92. The first kappa shape index (κ1) is 17.6. The van der Waals surface area contributed by atoms with Crippen LogP contribution in [0.3, 0.4) is 0 Å². The summed E-state index contributed by atoms with van der Waals surface area (Å²) in [6.45, 7) is -0.0779. The van der Waals surface area contributed by atoms with E-state index in [1.165, 1.54) is 18.2 Å². The zero-order chi connectivity index (χ0) is 19.1. The summed E-state index contributed by atoms with van der Waals surface area (Å²) in [5.41, 5.74) is 7.66. The zero-order valence-electron chi connectivity index (χ0n) is 14.4. The van der Waals surface area contributed by atoms with Gasteiger partial charge in [0.1, 0.15) is 17.5 Å². The van der Waals surface area contributed by atoms with Crippen LogP contribution in [0.4, 0.5) is 13.2 Å². The SMILES string of the molecule is NCC(=O)N[C@H]1C[C@H](c2c(-c3ccc(F)cc3)[nH]c3c(F)cc(F)cc32)C1. The number of fused-ring (bicyclic) bond motifs is 1. The van der Waals surface area contributed by atoms with Crippen molar-refractivity contribution >= 4 is 16.8 Å². The maximum Gasteiger partial charge on any atom is 0.233 e. The lowest BCUT2D eigenvalue weighted by atomic mass is 9.74. The van der Waals surface area contributed by atoms with Gasteiger partial charge in [-0.05, 0) is 60.2 Å². The number of aromatic amines is 1. The van der Waals surface area contributed by atoms with Crippen molar-refractivity contribution in [3.63, 3.8) is 0 Å². The van der Waals surface area contributed by atoms with Gasteiger partial charge in [-0.3, -0.25) is 4.79 Å². The van der Waals surface area contributed by atoms with Gasteiger partial charge < -0.3 is 16.0 Å². The van der Waals surface area contributed by atoms with Crippen molar-refractivity contribution in [2.24, 2.45) is 5.73 Å². The molecule has 0 spiro atoms. The van der Waals surface area contributed by atoms with Crippen LogP contribution in [-0.2, 0) is 4.79 Å². The number of carbonyl (C=O) groups is 1. The Morgan fingerprint density at radius 3 is 2.48 bits per heavy atom. The third-order valence-corrected chi connectivity index (χ3v) is 5.09. The molecule has 4 rings (SSSR count). The zero-order valence-corrected chi connectivity index (χ0v) is 14.4. The van der Waals surface area contributed by atoms with Crippen LogP contribution < -0.4 is 11.1 Å². The Kier molecular flexibility index (Phi) is 4.39. The maximum absolute atomic E-state index is 14.3. The predicted octanol–water partition coefficient (Wildman–Crippen LogP) is 3.57. The highest BCUT2D eigenvalue weighted by Crippen LogP contribution is 2.45. The molecule has 0 bridgehead atoms. The first-order valence-electron chi connectivity index (χ1n) is 8.72. The molecular weight excluding hydrogens is 355 g/mol. The van der Waals surface area contributed by atoms with Gasteiger partial charge in [0.25, 0.3) is 0 Å². The second kappa shape index (κ2) is 6.74. The monoisotopic (exact) mass is 373 g/mol. The van der Waals surface area contributed by atoms with E-state index < -0.39 is 11.6 Å². The number of hydrogen-bond acceptors (Lipinski definition) is 2. The van der Waals surface area contributed by atoms with E-state index in [0.717, 1.165) is 11.6 Å². The minimum Gasteiger partial charge on any atom is -0.352 e. The Morgan fingerprint density at radius 1 is 1.11 bits per heavy atom. The number of H-pyrrole nitrogens is 1. The summed E-state index contributed by atoms with van der Waals surface area (Å²) < 4.78 is 41.4. The van der Waals surface area contributed by atoms with Crippen LogP contribution in [-0.4, -0.2) is 23.5 Å². The van der Waals surface area contributed by atoms with Crippen LogP contribution in [0.1, 0.15) is 24.3 Å². The van der Waals surface area contributed by atoms with Crippen molar-refractivity contribution < 1.29 is 18.0 Å². The van der Waals surface area contributed by atoms with Gasteiger partial charge in [0.05, 0.1) is 17.8 Å². The summed E-state index contributed by atoms with van der Waals surface area (Å²) in [7, 11) is 0.